The van der Waals surface area contributed by atoms with Gasteiger partial charge in [0.05, 0.1) is 19.8 Å². The number of nitrogens with zero attached hydrogens (tertiary/aromatic N) is 1. The summed E-state index contributed by atoms with van der Waals surface area (Å²) in [6, 6.07) is 4.11. The van der Waals surface area contributed by atoms with Crippen LogP contribution >= 0.6 is 11.3 Å². The average Bonchev–Trinajstić information content (AvgIpc) is 3.05. The number of nitrogens with one attached hydrogen (secondary N) is 1. The monoisotopic (exact) mass is 326 g/mol. The Bertz CT molecular complexity index is 497. The molecule has 0 radical (unpaired) electrons. The first-order chi connectivity index (χ1) is 10.4. The topological polar surface area (TPSA) is 50.8 Å². The second-order valence-corrected chi connectivity index (χ2v) is 7.57. The lowest BCUT2D eigenvalue weighted by Crippen LogP contribution is -2.40. The van der Waals surface area contributed by atoms with Crippen LogP contribution in [0.25, 0.3) is 0 Å². The molecule has 2 heterocycles. The molecule has 0 aliphatic carbocycles. The SMILES string of the molecule is Cc1ccc(CN(C)C(=O)NC[C@H](C)CC2(C)OCCO2)s1. The standard InChI is InChI=1S/C16H26N2O3S/c1-12(9-16(3)20-7-8-21-16)10-17-15(19)18(4)11-14-6-5-13(2)22-14/h5-6,12H,7-11H2,1-4H3,(H,17,19)/t12-/m1/s1. The smallest absolute Gasteiger partial charge is 0.317 e. The number of rotatable bonds is 6. The van der Waals surface area contributed by atoms with E-state index in [1.54, 1.807) is 16.2 Å². The summed E-state index contributed by atoms with van der Waals surface area (Å²) in [4.78, 5) is 16.3. The maximum atomic E-state index is 12.1. The van der Waals surface area contributed by atoms with Crippen molar-refractivity contribution in [3.8, 4) is 0 Å². The van der Waals surface area contributed by atoms with Gasteiger partial charge in [-0.3, -0.25) is 0 Å². The van der Waals surface area contributed by atoms with E-state index in [2.05, 4.69) is 31.3 Å². The van der Waals surface area contributed by atoms with Gasteiger partial charge in [0, 0.05) is 29.8 Å². The molecule has 0 saturated carbocycles. The number of carbonyl (C=O) groups is 1. The van der Waals surface area contributed by atoms with Crippen molar-refractivity contribution < 1.29 is 14.3 Å². The first-order valence-electron chi connectivity index (χ1n) is 7.70. The van der Waals surface area contributed by atoms with Gasteiger partial charge in [-0.05, 0) is 31.9 Å². The fourth-order valence-electron chi connectivity index (χ4n) is 2.65. The number of thiophene rings is 1. The van der Waals surface area contributed by atoms with Crippen LogP contribution in [0.4, 0.5) is 4.79 Å². The molecule has 1 aliphatic heterocycles. The molecule has 1 saturated heterocycles. The Kier molecular flexibility index (Phi) is 5.83. The van der Waals surface area contributed by atoms with Crippen LogP contribution in [0.2, 0.25) is 0 Å². The van der Waals surface area contributed by atoms with E-state index in [4.69, 9.17) is 9.47 Å². The van der Waals surface area contributed by atoms with E-state index < -0.39 is 5.79 Å². The first-order valence-corrected chi connectivity index (χ1v) is 8.52. The lowest BCUT2D eigenvalue weighted by Gasteiger charge is -2.26. The maximum absolute atomic E-state index is 12.1. The van der Waals surface area contributed by atoms with Crippen molar-refractivity contribution in [3.05, 3.63) is 21.9 Å². The number of amides is 2. The highest BCUT2D eigenvalue weighted by molar-refractivity contribution is 7.11. The fraction of sp³-hybridized carbons (Fsp3) is 0.688. The molecule has 1 N–H and O–H groups in total. The highest BCUT2D eigenvalue weighted by atomic mass is 32.1. The van der Waals surface area contributed by atoms with Gasteiger partial charge in [0.2, 0.25) is 0 Å². The molecular formula is C16H26N2O3S. The summed E-state index contributed by atoms with van der Waals surface area (Å²) >= 11 is 1.72. The van der Waals surface area contributed by atoms with Crippen LogP contribution in [0.5, 0.6) is 0 Å². The lowest BCUT2D eigenvalue weighted by atomic mass is 10.0. The molecule has 0 spiro atoms. The third-order valence-electron chi connectivity index (χ3n) is 3.75. The van der Waals surface area contributed by atoms with Gasteiger partial charge in [0.25, 0.3) is 0 Å². The zero-order valence-electron chi connectivity index (χ0n) is 13.8. The van der Waals surface area contributed by atoms with Gasteiger partial charge in [0.15, 0.2) is 5.79 Å². The second kappa shape index (κ2) is 7.44. The summed E-state index contributed by atoms with van der Waals surface area (Å²) < 4.78 is 11.2. The van der Waals surface area contributed by atoms with Crippen molar-refractivity contribution >= 4 is 17.4 Å². The molecule has 1 atom stereocenters. The molecule has 124 valence electrons. The lowest BCUT2D eigenvalue weighted by molar-refractivity contribution is -0.153. The van der Waals surface area contributed by atoms with Crippen LogP contribution in [-0.2, 0) is 16.0 Å². The van der Waals surface area contributed by atoms with Crippen LogP contribution in [0, 0.1) is 12.8 Å². The zero-order chi connectivity index (χ0) is 16.2. The fourth-order valence-corrected chi connectivity index (χ4v) is 3.60. The van der Waals surface area contributed by atoms with Crippen LogP contribution < -0.4 is 5.32 Å². The highest BCUT2D eigenvalue weighted by Gasteiger charge is 2.32. The van der Waals surface area contributed by atoms with E-state index in [-0.39, 0.29) is 6.03 Å². The summed E-state index contributed by atoms with van der Waals surface area (Å²) in [5.74, 6) is -0.200. The van der Waals surface area contributed by atoms with Gasteiger partial charge >= 0.3 is 6.03 Å². The van der Waals surface area contributed by atoms with E-state index in [0.29, 0.717) is 32.2 Å². The molecule has 0 aromatic carbocycles. The molecule has 1 aliphatic rings. The van der Waals surface area contributed by atoms with Crippen molar-refractivity contribution in [3.63, 3.8) is 0 Å². The molecule has 2 amide bonds. The van der Waals surface area contributed by atoms with Gasteiger partial charge in [-0.25, -0.2) is 4.79 Å². The number of carbonyl (C=O) groups excluding carboxylic acids is 1. The van der Waals surface area contributed by atoms with Gasteiger partial charge in [-0.2, -0.15) is 0 Å². The van der Waals surface area contributed by atoms with Crippen LogP contribution in [0.1, 0.15) is 30.0 Å². The van der Waals surface area contributed by atoms with E-state index >= 15 is 0 Å². The van der Waals surface area contributed by atoms with Crippen LogP contribution in [0.3, 0.4) is 0 Å². The molecule has 1 fully saturated rings. The van der Waals surface area contributed by atoms with Gasteiger partial charge < -0.3 is 19.7 Å². The minimum Gasteiger partial charge on any atom is -0.348 e. The summed E-state index contributed by atoms with van der Waals surface area (Å²) in [5, 5.41) is 2.98. The summed E-state index contributed by atoms with van der Waals surface area (Å²) in [5.41, 5.74) is 0. The predicted molar refractivity (Wildman–Crippen MR) is 88.0 cm³/mol. The first kappa shape index (κ1) is 17.2. The van der Waals surface area contributed by atoms with E-state index in [1.165, 1.54) is 9.75 Å². The quantitative estimate of drug-likeness (QED) is 0.874. The molecule has 1 aromatic rings. The molecule has 0 unspecified atom stereocenters. The van der Waals surface area contributed by atoms with Gasteiger partial charge in [-0.1, -0.05) is 6.92 Å². The third kappa shape index (κ3) is 4.97. The minimum absolute atomic E-state index is 0.0451. The molecule has 0 bridgehead atoms. The number of urea groups is 1. The Hall–Kier alpha value is -1.11. The van der Waals surface area contributed by atoms with Crippen molar-refractivity contribution in [1.29, 1.82) is 0 Å². The Morgan fingerprint density at radius 2 is 2.14 bits per heavy atom. The van der Waals surface area contributed by atoms with Crippen molar-refractivity contribution in [1.82, 2.24) is 10.2 Å². The van der Waals surface area contributed by atoms with Crippen LogP contribution in [0.15, 0.2) is 12.1 Å². The predicted octanol–water partition coefficient (Wildman–Crippen LogP) is 2.99. The second-order valence-electron chi connectivity index (χ2n) is 6.19. The van der Waals surface area contributed by atoms with Crippen LogP contribution in [-0.4, -0.2) is 43.5 Å². The van der Waals surface area contributed by atoms with Gasteiger partial charge in [-0.15, -0.1) is 11.3 Å². The number of ether oxygens (including phenoxy) is 2. The van der Waals surface area contributed by atoms with Crippen molar-refractivity contribution in [2.24, 2.45) is 5.92 Å². The average molecular weight is 326 g/mol. The van der Waals surface area contributed by atoms with Gasteiger partial charge in [0.1, 0.15) is 0 Å². The molecule has 22 heavy (non-hydrogen) atoms. The number of hydrogen-bond acceptors (Lipinski definition) is 4. The Morgan fingerprint density at radius 1 is 1.45 bits per heavy atom. The molecule has 6 heteroatoms. The normalized spacial score (nSPS) is 18.2. The van der Waals surface area contributed by atoms with E-state index in [0.717, 1.165) is 6.42 Å². The Labute approximate surface area is 136 Å². The zero-order valence-corrected chi connectivity index (χ0v) is 14.7. The molecule has 2 rings (SSSR count). The molecule has 1 aromatic heterocycles. The minimum atomic E-state index is -0.495. The van der Waals surface area contributed by atoms with Crippen molar-refractivity contribution in [2.75, 3.05) is 26.8 Å². The largest absolute Gasteiger partial charge is 0.348 e. The Balaban J connectivity index is 1.72. The third-order valence-corrected chi connectivity index (χ3v) is 4.74. The number of aryl methyl sites for hydroxylation is 1. The summed E-state index contributed by atoms with van der Waals surface area (Å²) in [7, 11) is 1.82. The highest BCUT2D eigenvalue weighted by Crippen LogP contribution is 2.26. The molecule has 5 nitrogen and oxygen atoms in total. The van der Waals surface area contributed by atoms with E-state index in [9.17, 15) is 4.79 Å². The number of hydrogen-bond donors (Lipinski definition) is 1. The van der Waals surface area contributed by atoms with Crippen molar-refractivity contribution in [2.45, 2.75) is 39.5 Å². The summed E-state index contributed by atoms with van der Waals surface area (Å²) in [6.07, 6.45) is 0.779. The van der Waals surface area contributed by atoms with E-state index in [1.807, 2.05) is 14.0 Å². The summed E-state index contributed by atoms with van der Waals surface area (Å²) in [6.45, 7) is 8.70. The Morgan fingerprint density at radius 3 is 2.73 bits per heavy atom. The maximum Gasteiger partial charge on any atom is 0.317 e. The molecular weight excluding hydrogens is 300 g/mol.